The summed E-state index contributed by atoms with van der Waals surface area (Å²) in [6.45, 7) is 0. The summed E-state index contributed by atoms with van der Waals surface area (Å²) >= 11 is 0. The van der Waals surface area contributed by atoms with Crippen molar-refractivity contribution < 1.29 is 9.59 Å². The van der Waals surface area contributed by atoms with Gasteiger partial charge in [0.05, 0.1) is 11.4 Å². The van der Waals surface area contributed by atoms with Crippen molar-refractivity contribution in [2.45, 2.75) is 12.8 Å². The third-order valence-electron chi connectivity index (χ3n) is 3.54. The van der Waals surface area contributed by atoms with E-state index in [1.54, 1.807) is 24.3 Å². The Morgan fingerprint density at radius 3 is 2.35 bits per heavy atom. The highest BCUT2D eigenvalue weighted by Crippen LogP contribution is 2.42. The van der Waals surface area contributed by atoms with Gasteiger partial charge in [0.25, 0.3) is 0 Å². The Labute approximate surface area is 115 Å². The van der Waals surface area contributed by atoms with Crippen molar-refractivity contribution in [3.63, 3.8) is 0 Å². The van der Waals surface area contributed by atoms with Gasteiger partial charge < -0.3 is 0 Å². The molecular weight excluding hydrogens is 252 g/mol. The number of nitrogens with zero attached hydrogens (tertiary/aromatic N) is 2. The van der Waals surface area contributed by atoms with Gasteiger partial charge >= 0.3 is 0 Å². The van der Waals surface area contributed by atoms with Crippen LogP contribution in [0.2, 0.25) is 0 Å². The van der Waals surface area contributed by atoms with Crippen molar-refractivity contribution in [1.29, 1.82) is 0 Å². The number of isocyanates is 2. The number of para-hydroxylation sites is 1. The first kappa shape index (κ1) is 12.2. The highest BCUT2D eigenvalue weighted by atomic mass is 16.1. The molecule has 0 aromatic heterocycles. The molecule has 3 rings (SSSR count). The van der Waals surface area contributed by atoms with E-state index in [0.29, 0.717) is 11.4 Å². The van der Waals surface area contributed by atoms with Crippen LogP contribution in [0.1, 0.15) is 11.1 Å². The van der Waals surface area contributed by atoms with Crippen molar-refractivity contribution in [3.8, 4) is 11.1 Å². The number of benzene rings is 2. The molecule has 0 radical (unpaired) electrons. The second-order valence-corrected chi connectivity index (χ2v) is 4.52. The highest BCUT2D eigenvalue weighted by Gasteiger charge is 2.21. The van der Waals surface area contributed by atoms with E-state index in [-0.39, 0.29) is 0 Å². The number of aliphatic imine (C=N–C) groups is 2. The lowest BCUT2D eigenvalue weighted by atomic mass is 9.84. The molecule has 96 valence electrons. The van der Waals surface area contributed by atoms with Crippen molar-refractivity contribution in [2.24, 2.45) is 9.98 Å². The predicted octanol–water partition coefficient (Wildman–Crippen LogP) is 3.39. The number of carbonyl (C=O) groups excluding carboxylic acids is 2. The molecule has 2 aromatic carbocycles. The van der Waals surface area contributed by atoms with Gasteiger partial charge in [-0.15, -0.1) is 0 Å². The monoisotopic (exact) mass is 262 g/mol. The van der Waals surface area contributed by atoms with Crippen LogP contribution < -0.4 is 0 Å². The van der Waals surface area contributed by atoms with Gasteiger partial charge in [-0.25, -0.2) is 9.59 Å². The van der Waals surface area contributed by atoms with Crippen LogP contribution in [0.3, 0.4) is 0 Å². The van der Waals surface area contributed by atoms with E-state index in [2.05, 4.69) is 9.98 Å². The second kappa shape index (κ2) is 5.06. The van der Waals surface area contributed by atoms with E-state index in [0.717, 1.165) is 29.5 Å². The first-order valence-electron chi connectivity index (χ1n) is 6.25. The zero-order valence-electron chi connectivity index (χ0n) is 10.6. The number of aryl methyl sites for hydroxylation is 1. The van der Waals surface area contributed by atoms with Crippen LogP contribution in [-0.4, -0.2) is 12.2 Å². The first-order chi connectivity index (χ1) is 9.85. The molecule has 4 nitrogen and oxygen atoms in total. The molecule has 0 N–H and O–H groups in total. The maximum Gasteiger partial charge on any atom is 0.240 e. The van der Waals surface area contributed by atoms with Gasteiger partial charge in [0.15, 0.2) is 0 Å². The molecule has 0 amide bonds. The fourth-order valence-electron chi connectivity index (χ4n) is 2.51. The van der Waals surface area contributed by atoms with E-state index in [1.165, 1.54) is 5.56 Å². The van der Waals surface area contributed by atoms with Crippen molar-refractivity contribution in [3.05, 3.63) is 47.5 Å². The van der Waals surface area contributed by atoms with Gasteiger partial charge in [-0.05, 0) is 30.0 Å². The molecule has 4 heteroatoms. The Hall–Kier alpha value is -2.80. The molecule has 1 aliphatic rings. The number of hydrogen-bond acceptors (Lipinski definition) is 4. The topological polar surface area (TPSA) is 58.9 Å². The third kappa shape index (κ3) is 1.90. The van der Waals surface area contributed by atoms with Gasteiger partial charge in [0.1, 0.15) is 0 Å². The standard InChI is InChI=1S/C16H10N2O2/c19-9-17-15-4-2-1-3-13(15)14-8-6-11-5-7-12(11)16(14)18-10-20/h1-4,6,8H,5,7H2. The summed E-state index contributed by atoms with van der Waals surface area (Å²) in [6.07, 6.45) is 5.08. The molecule has 0 aliphatic heterocycles. The summed E-state index contributed by atoms with van der Waals surface area (Å²) < 4.78 is 0. The maximum atomic E-state index is 10.7. The van der Waals surface area contributed by atoms with Crippen molar-refractivity contribution in [2.75, 3.05) is 0 Å². The Bertz CT molecular complexity index is 783. The fourth-order valence-corrected chi connectivity index (χ4v) is 2.51. The van der Waals surface area contributed by atoms with Crippen LogP contribution >= 0.6 is 0 Å². The van der Waals surface area contributed by atoms with Gasteiger partial charge in [-0.1, -0.05) is 30.3 Å². The SMILES string of the molecule is O=C=Nc1ccccc1-c1ccc2c(c1N=C=O)CC2. The van der Waals surface area contributed by atoms with E-state index in [9.17, 15) is 9.59 Å². The summed E-state index contributed by atoms with van der Waals surface area (Å²) in [5.74, 6) is 0. The molecule has 0 bridgehead atoms. The zero-order valence-corrected chi connectivity index (χ0v) is 10.6. The summed E-state index contributed by atoms with van der Waals surface area (Å²) in [5, 5.41) is 0. The normalized spacial score (nSPS) is 11.6. The van der Waals surface area contributed by atoms with Crippen molar-refractivity contribution >= 4 is 23.5 Å². The molecule has 0 atom stereocenters. The summed E-state index contributed by atoms with van der Waals surface area (Å²) in [5.41, 5.74) is 5.00. The maximum absolute atomic E-state index is 10.7. The molecule has 0 spiro atoms. The molecule has 0 heterocycles. The van der Waals surface area contributed by atoms with Crippen LogP contribution in [-0.2, 0) is 22.4 Å². The van der Waals surface area contributed by atoms with Gasteiger partial charge in [-0.2, -0.15) is 9.98 Å². The van der Waals surface area contributed by atoms with Crippen molar-refractivity contribution in [1.82, 2.24) is 0 Å². The molecule has 0 fully saturated rings. The predicted molar refractivity (Wildman–Crippen MR) is 74.8 cm³/mol. The molecule has 2 aromatic rings. The molecule has 0 saturated heterocycles. The summed E-state index contributed by atoms with van der Waals surface area (Å²) in [4.78, 5) is 28.8. The van der Waals surface area contributed by atoms with Gasteiger partial charge in [0.2, 0.25) is 12.2 Å². The summed E-state index contributed by atoms with van der Waals surface area (Å²) in [7, 11) is 0. The lowest BCUT2D eigenvalue weighted by Crippen LogP contribution is -2.08. The number of hydrogen-bond donors (Lipinski definition) is 0. The Morgan fingerprint density at radius 1 is 0.850 bits per heavy atom. The lowest BCUT2D eigenvalue weighted by Gasteiger charge is -2.22. The van der Waals surface area contributed by atoms with Crippen LogP contribution in [0, 0.1) is 0 Å². The fraction of sp³-hybridized carbons (Fsp3) is 0.125. The van der Waals surface area contributed by atoms with Crippen LogP contribution in [0.15, 0.2) is 46.4 Å². The summed E-state index contributed by atoms with van der Waals surface area (Å²) in [6, 6.07) is 11.2. The Morgan fingerprint density at radius 2 is 1.65 bits per heavy atom. The lowest BCUT2D eigenvalue weighted by molar-refractivity contribution is 0.564. The second-order valence-electron chi connectivity index (χ2n) is 4.52. The molecular formula is C16H10N2O2. The minimum Gasteiger partial charge on any atom is -0.211 e. The Kier molecular flexibility index (Phi) is 3.10. The third-order valence-corrected chi connectivity index (χ3v) is 3.54. The average molecular weight is 262 g/mol. The van der Waals surface area contributed by atoms with Crippen LogP contribution in [0.4, 0.5) is 11.4 Å². The Balaban J connectivity index is 2.28. The van der Waals surface area contributed by atoms with E-state index >= 15 is 0 Å². The zero-order chi connectivity index (χ0) is 13.9. The number of rotatable bonds is 3. The van der Waals surface area contributed by atoms with Crippen LogP contribution in [0.5, 0.6) is 0 Å². The smallest absolute Gasteiger partial charge is 0.211 e. The van der Waals surface area contributed by atoms with Gasteiger partial charge in [-0.3, -0.25) is 0 Å². The average Bonchev–Trinajstić information content (AvgIpc) is 2.42. The minimum absolute atomic E-state index is 0.518. The van der Waals surface area contributed by atoms with E-state index < -0.39 is 0 Å². The first-order valence-corrected chi connectivity index (χ1v) is 6.25. The van der Waals surface area contributed by atoms with Gasteiger partial charge in [0, 0.05) is 11.1 Å². The van der Waals surface area contributed by atoms with E-state index in [4.69, 9.17) is 0 Å². The number of fused-ring (bicyclic) bond motifs is 1. The largest absolute Gasteiger partial charge is 0.240 e. The molecule has 1 aliphatic carbocycles. The molecule has 0 saturated carbocycles. The minimum atomic E-state index is 0.518. The van der Waals surface area contributed by atoms with E-state index in [1.807, 2.05) is 24.3 Å². The molecule has 0 unspecified atom stereocenters. The molecule has 20 heavy (non-hydrogen) atoms. The van der Waals surface area contributed by atoms with Crippen LogP contribution in [0.25, 0.3) is 11.1 Å². The quantitative estimate of drug-likeness (QED) is 0.628. The highest BCUT2D eigenvalue weighted by molar-refractivity contribution is 5.87.